The molecule has 0 spiro atoms. The molecule has 3 aromatic rings. The maximum absolute atomic E-state index is 12.9. The van der Waals surface area contributed by atoms with E-state index in [0.717, 1.165) is 23.2 Å². The van der Waals surface area contributed by atoms with E-state index in [1.165, 1.54) is 0 Å². The van der Waals surface area contributed by atoms with Gasteiger partial charge in [0.2, 0.25) is 0 Å². The zero-order chi connectivity index (χ0) is 19.2. The third kappa shape index (κ3) is 4.24. The van der Waals surface area contributed by atoms with Crippen molar-refractivity contribution in [1.82, 2.24) is 14.7 Å². The summed E-state index contributed by atoms with van der Waals surface area (Å²) in [7, 11) is 1.79. The fraction of sp³-hybridized carbons (Fsp3) is 0.227. The molecule has 1 aromatic heterocycles. The van der Waals surface area contributed by atoms with Gasteiger partial charge in [-0.15, -0.1) is 0 Å². The first-order chi connectivity index (χ1) is 13.1. The molecule has 0 aliphatic heterocycles. The molecule has 1 amide bonds. The Morgan fingerprint density at radius 1 is 1.11 bits per heavy atom. The molecule has 0 bridgehead atoms. The lowest BCUT2D eigenvalue weighted by Crippen LogP contribution is -2.27. The molecule has 0 aliphatic carbocycles. The third-order valence-corrected chi connectivity index (χ3v) is 4.54. The smallest absolute Gasteiger partial charge is 0.257 e. The summed E-state index contributed by atoms with van der Waals surface area (Å²) in [6.45, 7) is 3.17. The molecule has 0 radical (unpaired) electrons. The standard InChI is InChI=1S/C22H22N4O/c1-3-21-20(14-24-26(21)16-18-7-5-4-6-8-18)22(27)25(2)15-19-11-9-17(13-23)10-12-19/h4-12,14H,3,15-16H2,1-2H3. The number of benzene rings is 2. The lowest BCUT2D eigenvalue weighted by atomic mass is 10.1. The first-order valence-corrected chi connectivity index (χ1v) is 8.95. The van der Waals surface area contributed by atoms with Gasteiger partial charge in [0.05, 0.1) is 35.6 Å². The molecule has 1 heterocycles. The van der Waals surface area contributed by atoms with Gasteiger partial charge in [0, 0.05) is 13.6 Å². The summed E-state index contributed by atoms with van der Waals surface area (Å²) < 4.78 is 1.90. The Morgan fingerprint density at radius 2 is 1.81 bits per heavy atom. The molecule has 0 unspecified atom stereocenters. The minimum absolute atomic E-state index is 0.0458. The molecule has 136 valence electrons. The van der Waals surface area contributed by atoms with E-state index in [4.69, 9.17) is 5.26 Å². The Balaban J connectivity index is 1.76. The molecule has 0 N–H and O–H groups in total. The van der Waals surface area contributed by atoms with Crippen LogP contribution in [0.2, 0.25) is 0 Å². The van der Waals surface area contributed by atoms with Crippen molar-refractivity contribution in [3.05, 3.63) is 88.7 Å². The summed E-state index contributed by atoms with van der Waals surface area (Å²) in [6.07, 6.45) is 2.40. The Bertz CT molecular complexity index is 952. The molecule has 5 heteroatoms. The van der Waals surface area contributed by atoms with Gasteiger partial charge in [-0.25, -0.2) is 0 Å². The molecule has 27 heavy (non-hydrogen) atoms. The largest absolute Gasteiger partial charge is 0.337 e. The summed E-state index contributed by atoms with van der Waals surface area (Å²) in [5.74, 6) is -0.0458. The van der Waals surface area contributed by atoms with Crippen LogP contribution >= 0.6 is 0 Å². The van der Waals surface area contributed by atoms with E-state index in [0.29, 0.717) is 24.2 Å². The van der Waals surface area contributed by atoms with Crippen LogP contribution in [0.3, 0.4) is 0 Å². The average Bonchev–Trinajstić information content (AvgIpc) is 3.11. The van der Waals surface area contributed by atoms with E-state index in [1.54, 1.807) is 30.3 Å². The third-order valence-electron chi connectivity index (χ3n) is 4.54. The van der Waals surface area contributed by atoms with E-state index >= 15 is 0 Å². The number of amides is 1. The van der Waals surface area contributed by atoms with Crippen LogP contribution in [0, 0.1) is 11.3 Å². The van der Waals surface area contributed by atoms with Crippen LogP contribution in [0.15, 0.2) is 60.8 Å². The van der Waals surface area contributed by atoms with Crippen molar-refractivity contribution >= 4 is 5.91 Å². The predicted octanol–water partition coefficient (Wildman–Crippen LogP) is 3.64. The van der Waals surface area contributed by atoms with Gasteiger partial charge in [0.15, 0.2) is 0 Å². The average molecular weight is 358 g/mol. The second-order valence-corrected chi connectivity index (χ2v) is 6.47. The minimum Gasteiger partial charge on any atom is -0.337 e. The van der Waals surface area contributed by atoms with Crippen LogP contribution in [-0.4, -0.2) is 27.6 Å². The van der Waals surface area contributed by atoms with Crippen molar-refractivity contribution in [1.29, 1.82) is 5.26 Å². The van der Waals surface area contributed by atoms with Crippen molar-refractivity contribution in [3.8, 4) is 6.07 Å². The van der Waals surface area contributed by atoms with Gasteiger partial charge in [-0.2, -0.15) is 10.4 Å². The maximum Gasteiger partial charge on any atom is 0.257 e. The Morgan fingerprint density at radius 3 is 2.44 bits per heavy atom. The highest BCUT2D eigenvalue weighted by Gasteiger charge is 2.20. The highest BCUT2D eigenvalue weighted by molar-refractivity contribution is 5.95. The van der Waals surface area contributed by atoms with Crippen LogP contribution in [0.5, 0.6) is 0 Å². The van der Waals surface area contributed by atoms with Gasteiger partial charge in [-0.3, -0.25) is 9.48 Å². The Kier molecular flexibility index (Phi) is 5.68. The Labute approximate surface area is 159 Å². The quantitative estimate of drug-likeness (QED) is 0.676. The summed E-state index contributed by atoms with van der Waals surface area (Å²) in [6, 6.07) is 19.5. The fourth-order valence-electron chi connectivity index (χ4n) is 3.09. The summed E-state index contributed by atoms with van der Waals surface area (Å²) >= 11 is 0. The zero-order valence-electron chi connectivity index (χ0n) is 15.6. The molecule has 0 saturated carbocycles. The van der Waals surface area contributed by atoms with Gasteiger partial charge in [-0.1, -0.05) is 49.4 Å². The molecule has 0 aliphatic rings. The second kappa shape index (κ2) is 8.33. The lowest BCUT2D eigenvalue weighted by molar-refractivity contribution is 0.0784. The molecule has 0 fully saturated rings. The summed E-state index contributed by atoms with van der Waals surface area (Å²) in [5, 5.41) is 13.3. The predicted molar refractivity (Wildman–Crippen MR) is 104 cm³/mol. The molecule has 0 atom stereocenters. The fourth-order valence-corrected chi connectivity index (χ4v) is 3.09. The topological polar surface area (TPSA) is 61.9 Å². The summed E-state index contributed by atoms with van der Waals surface area (Å²) in [5.41, 5.74) is 4.34. The zero-order valence-corrected chi connectivity index (χ0v) is 15.6. The van der Waals surface area contributed by atoms with Crippen molar-refractivity contribution in [2.45, 2.75) is 26.4 Å². The molecule has 2 aromatic carbocycles. The highest BCUT2D eigenvalue weighted by atomic mass is 16.2. The number of hydrogen-bond donors (Lipinski definition) is 0. The normalized spacial score (nSPS) is 10.4. The van der Waals surface area contributed by atoms with E-state index in [-0.39, 0.29) is 5.91 Å². The molecule has 3 rings (SSSR count). The van der Waals surface area contributed by atoms with E-state index < -0.39 is 0 Å². The van der Waals surface area contributed by atoms with Gasteiger partial charge >= 0.3 is 0 Å². The number of rotatable bonds is 6. The lowest BCUT2D eigenvalue weighted by Gasteiger charge is -2.17. The van der Waals surface area contributed by atoms with Crippen molar-refractivity contribution in [2.75, 3.05) is 7.05 Å². The van der Waals surface area contributed by atoms with Crippen molar-refractivity contribution in [3.63, 3.8) is 0 Å². The van der Waals surface area contributed by atoms with E-state index in [9.17, 15) is 4.79 Å². The van der Waals surface area contributed by atoms with Crippen molar-refractivity contribution in [2.24, 2.45) is 0 Å². The van der Waals surface area contributed by atoms with Gasteiger partial charge in [0.25, 0.3) is 5.91 Å². The second-order valence-electron chi connectivity index (χ2n) is 6.47. The van der Waals surface area contributed by atoms with Gasteiger partial charge < -0.3 is 4.90 Å². The van der Waals surface area contributed by atoms with Crippen molar-refractivity contribution < 1.29 is 4.79 Å². The van der Waals surface area contributed by atoms with Crippen LogP contribution in [0.4, 0.5) is 0 Å². The summed E-state index contributed by atoms with van der Waals surface area (Å²) in [4.78, 5) is 14.6. The SMILES string of the molecule is CCc1c(C(=O)N(C)Cc2ccc(C#N)cc2)cnn1Cc1ccccc1. The number of carbonyl (C=O) groups excluding carboxylic acids is 1. The minimum atomic E-state index is -0.0458. The number of nitriles is 1. The van der Waals surface area contributed by atoms with Gasteiger partial charge in [-0.05, 0) is 29.7 Å². The number of hydrogen-bond acceptors (Lipinski definition) is 3. The monoisotopic (exact) mass is 358 g/mol. The molecular formula is C22H22N4O. The highest BCUT2D eigenvalue weighted by Crippen LogP contribution is 2.16. The maximum atomic E-state index is 12.9. The molecule has 0 saturated heterocycles. The first-order valence-electron chi connectivity index (χ1n) is 8.95. The van der Waals surface area contributed by atoms with Gasteiger partial charge in [0.1, 0.15) is 0 Å². The van der Waals surface area contributed by atoms with Crippen LogP contribution in [0.1, 0.15) is 39.7 Å². The molecular weight excluding hydrogens is 336 g/mol. The molecule has 5 nitrogen and oxygen atoms in total. The van der Waals surface area contributed by atoms with Crippen LogP contribution < -0.4 is 0 Å². The number of aromatic nitrogens is 2. The van der Waals surface area contributed by atoms with Crippen LogP contribution in [-0.2, 0) is 19.5 Å². The Hall–Kier alpha value is -3.39. The van der Waals surface area contributed by atoms with E-state index in [1.807, 2.05) is 41.9 Å². The number of nitrogens with zero attached hydrogens (tertiary/aromatic N) is 4. The van der Waals surface area contributed by atoms with Crippen LogP contribution in [0.25, 0.3) is 0 Å². The van der Waals surface area contributed by atoms with E-state index in [2.05, 4.69) is 23.3 Å². The first kappa shape index (κ1) is 18.4. The number of carbonyl (C=O) groups is 1.